The smallest absolute Gasteiger partial charge is 0.376 e. The van der Waals surface area contributed by atoms with Gasteiger partial charge in [-0.1, -0.05) is 41.9 Å². The van der Waals surface area contributed by atoms with Crippen molar-refractivity contribution < 1.29 is 45.7 Å². The van der Waals surface area contributed by atoms with E-state index in [1.807, 2.05) is 79.1 Å². The van der Waals surface area contributed by atoms with Gasteiger partial charge in [-0.05, 0) is 137 Å². The topological polar surface area (TPSA) is 209 Å². The number of piperazine rings is 1. The van der Waals surface area contributed by atoms with Gasteiger partial charge in [-0.25, -0.2) is 17.4 Å². The van der Waals surface area contributed by atoms with Crippen LogP contribution in [0.2, 0.25) is 5.02 Å². The van der Waals surface area contributed by atoms with Crippen LogP contribution < -0.4 is 25.5 Å². The van der Waals surface area contributed by atoms with Crippen LogP contribution in [0.3, 0.4) is 0 Å². The van der Waals surface area contributed by atoms with Crippen LogP contribution in [0.25, 0.3) is 22.4 Å². The summed E-state index contributed by atoms with van der Waals surface area (Å²) < 4.78 is 81.8. The molecule has 0 saturated carbocycles. The number of nitrogens with zero attached hydrogens (tertiary/aromatic N) is 5. The first-order valence-electron chi connectivity index (χ1n) is 25.4. The summed E-state index contributed by atoms with van der Waals surface area (Å²) in [5, 5.41) is 19.8. The number of rotatable bonds is 22. The molecular formula is C54H65ClFN7O10P2S2. The number of halogens is 2. The van der Waals surface area contributed by atoms with Gasteiger partial charge in [-0.3, -0.25) is 19.2 Å². The fraction of sp³-hybridized carbons (Fsp3) is 0.370. The van der Waals surface area contributed by atoms with Gasteiger partial charge in [0, 0.05) is 114 Å². The minimum absolute atomic E-state index is 0.0570. The van der Waals surface area contributed by atoms with E-state index in [2.05, 4.69) is 25.1 Å². The average molecular weight is 1150 g/mol. The van der Waals surface area contributed by atoms with E-state index in [9.17, 15) is 37.4 Å². The number of aromatic nitrogens is 1. The first kappa shape index (κ1) is 57.9. The maximum atomic E-state index is 15.8. The fourth-order valence-electron chi connectivity index (χ4n) is 10.2. The highest BCUT2D eigenvalue weighted by Gasteiger charge is 2.33. The molecular weight excluding hydrogens is 1090 g/mol. The molecule has 0 aliphatic carbocycles. The van der Waals surface area contributed by atoms with Crippen LogP contribution in [0.1, 0.15) is 51.8 Å². The third-order valence-electron chi connectivity index (χ3n) is 13.7. The molecule has 77 heavy (non-hydrogen) atoms. The maximum absolute atomic E-state index is 15.8. The number of likely N-dealkylation sites (tertiary alicyclic amines) is 1. The summed E-state index contributed by atoms with van der Waals surface area (Å²) in [6.07, 6.45) is 2.20. The van der Waals surface area contributed by atoms with Crippen molar-refractivity contribution in [1.82, 2.24) is 9.47 Å². The van der Waals surface area contributed by atoms with Crippen molar-refractivity contribution >= 4 is 82.3 Å². The molecule has 2 atom stereocenters. The van der Waals surface area contributed by atoms with E-state index < -0.39 is 42.0 Å². The second-order valence-electron chi connectivity index (χ2n) is 19.5. The lowest BCUT2D eigenvalue weighted by Gasteiger charge is -2.37. The number of sulfone groups is 1. The van der Waals surface area contributed by atoms with Crippen molar-refractivity contribution in [3.8, 4) is 22.4 Å². The van der Waals surface area contributed by atoms with E-state index in [0.717, 1.165) is 16.1 Å². The fourth-order valence-corrected chi connectivity index (χ4v) is 14.9. The number of piperidine rings is 1. The summed E-state index contributed by atoms with van der Waals surface area (Å²) in [4.78, 5) is 38.4. The lowest BCUT2D eigenvalue weighted by molar-refractivity contribution is -0.383. The largest absolute Gasteiger partial charge is 0.469 e. The van der Waals surface area contributed by atoms with Crippen molar-refractivity contribution in [3.63, 3.8) is 0 Å². The highest BCUT2D eigenvalue weighted by molar-refractivity contribution is 7.99. The van der Waals surface area contributed by atoms with Crippen LogP contribution in [0.15, 0.2) is 125 Å². The summed E-state index contributed by atoms with van der Waals surface area (Å²) in [7, 11) is -12.3. The number of thioether (sulfide) groups is 1. The molecule has 0 amide bonds. The molecule has 0 bridgehead atoms. The predicted octanol–water partition coefficient (Wildman–Crippen LogP) is 11.6. The average Bonchev–Trinajstić information content (AvgIpc) is 3.71. The molecule has 0 spiro atoms. The van der Waals surface area contributed by atoms with Crippen molar-refractivity contribution in [2.75, 3.05) is 84.6 Å². The molecule has 23 heteroatoms. The number of nitrogens with one attached hydrogen (secondary N) is 2. The van der Waals surface area contributed by atoms with Gasteiger partial charge < -0.3 is 44.0 Å². The van der Waals surface area contributed by atoms with E-state index in [-0.39, 0.29) is 40.3 Å². The molecule has 4 N–H and O–H groups in total. The first-order chi connectivity index (χ1) is 36.6. The predicted molar refractivity (Wildman–Crippen MR) is 307 cm³/mol. The van der Waals surface area contributed by atoms with Crippen LogP contribution in [-0.2, 0) is 28.0 Å². The third kappa shape index (κ3) is 14.5. The summed E-state index contributed by atoms with van der Waals surface area (Å²) >= 11 is 7.88. The van der Waals surface area contributed by atoms with E-state index in [0.29, 0.717) is 110 Å². The second kappa shape index (κ2) is 24.8. The summed E-state index contributed by atoms with van der Waals surface area (Å²) in [6.45, 7) is 11.5. The Morgan fingerprint density at radius 3 is 2.12 bits per heavy atom. The van der Waals surface area contributed by atoms with Crippen LogP contribution in [0, 0.1) is 22.9 Å². The standard InChI is InChI=1S/C54H65ClFN7O10P2S2/c1-6-72-74(66,48-20-21-50(51(35-48)63(64)65)57-44(36-76-49-10-8-7-9-11-49)22-25-59-26-23-47(24-27-59)73-75(67,68)69)58-43-16-18-45(19-17-43)60-28-30-61(31-29-60)46-33-40(32-42(56)34-46)52-53(39-12-14-41(55)15-13-39)62(37(2)3)38(4)54(52)77(5,70)71/h7-21,32-35,37,44,47,57H,6,22-31,36H2,1-5H3,(H,58,66)(H2,67,68,69). The Bertz CT molecular complexity index is 3250. The number of benzene rings is 5. The van der Waals surface area contributed by atoms with Crippen molar-refractivity contribution in [2.24, 2.45) is 0 Å². The molecule has 412 valence electrons. The molecule has 2 fully saturated rings. The Kier molecular flexibility index (Phi) is 18.7. The second-order valence-corrected chi connectivity index (χ2v) is 26.3. The lowest BCUT2D eigenvalue weighted by Crippen LogP contribution is -2.46. The van der Waals surface area contributed by atoms with Crippen molar-refractivity contribution in [1.29, 1.82) is 0 Å². The number of phosphoric acid groups is 1. The maximum Gasteiger partial charge on any atom is 0.469 e. The molecule has 0 radical (unpaired) electrons. The van der Waals surface area contributed by atoms with Gasteiger partial charge in [0.15, 0.2) is 9.84 Å². The van der Waals surface area contributed by atoms with Crippen molar-refractivity contribution in [2.45, 2.75) is 74.9 Å². The van der Waals surface area contributed by atoms with Crippen molar-refractivity contribution in [3.05, 3.63) is 142 Å². The van der Waals surface area contributed by atoms with Crippen LogP contribution in [0.4, 0.5) is 32.8 Å². The molecule has 2 aliphatic rings. The Labute approximate surface area is 458 Å². The molecule has 2 saturated heterocycles. The Balaban J connectivity index is 0.956. The van der Waals surface area contributed by atoms with Crippen LogP contribution >= 0.6 is 38.7 Å². The molecule has 17 nitrogen and oxygen atoms in total. The Morgan fingerprint density at radius 2 is 1.52 bits per heavy atom. The van der Waals surface area contributed by atoms with Gasteiger partial charge in [0.05, 0.1) is 33.5 Å². The molecule has 3 heterocycles. The van der Waals surface area contributed by atoms with Gasteiger partial charge in [-0.2, -0.15) is 0 Å². The molecule has 2 aliphatic heterocycles. The van der Waals surface area contributed by atoms with Crippen LogP contribution in [0.5, 0.6) is 0 Å². The molecule has 1 aromatic heterocycles. The normalized spacial score (nSPS) is 16.1. The molecule has 6 aromatic rings. The zero-order chi connectivity index (χ0) is 55.2. The number of anilines is 4. The summed E-state index contributed by atoms with van der Waals surface area (Å²) in [5.74, 6) is 0.0853. The quantitative estimate of drug-likeness (QED) is 0.0216. The number of nitro groups is 1. The number of hydrogen-bond donors (Lipinski definition) is 4. The van der Waals surface area contributed by atoms with Gasteiger partial charge in [0.1, 0.15) is 11.5 Å². The first-order valence-corrected chi connectivity index (χ1v) is 31.8. The van der Waals surface area contributed by atoms with E-state index in [4.69, 9.17) is 20.6 Å². The molecule has 8 rings (SSSR count). The Morgan fingerprint density at radius 1 is 0.870 bits per heavy atom. The number of nitro benzene ring substituents is 1. The SMILES string of the molecule is CCOP(=O)(Nc1ccc(N2CCN(c3cc(F)cc(-c4c(S(C)(=O)=O)c(C)n(C(C)C)c4-c4ccc(Cl)cc4)c3)CC2)cc1)c1ccc(NC(CCN2CCC(OP(=O)(O)O)CC2)CSc2ccccc2)c([N+](=O)[O-])c1. The minimum Gasteiger partial charge on any atom is -0.376 e. The minimum atomic E-state index is -4.59. The summed E-state index contributed by atoms with van der Waals surface area (Å²) in [5.41, 5.74) is 4.85. The zero-order valence-electron chi connectivity index (χ0n) is 43.6. The van der Waals surface area contributed by atoms with Gasteiger partial charge >= 0.3 is 15.3 Å². The highest BCUT2D eigenvalue weighted by atomic mass is 35.5. The molecule has 2 unspecified atom stereocenters. The van der Waals surface area contributed by atoms with Gasteiger partial charge in [0.25, 0.3) is 5.69 Å². The number of phosphoric ester groups is 1. The Hall–Kier alpha value is -5.24. The highest BCUT2D eigenvalue weighted by Crippen LogP contribution is 2.48. The zero-order valence-corrected chi connectivity index (χ0v) is 47.7. The summed E-state index contributed by atoms with van der Waals surface area (Å²) in [6, 6.07) is 33.2. The monoisotopic (exact) mass is 1150 g/mol. The van der Waals surface area contributed by atoms with Gasteiger partial charge in [-0.15, -0.1) is 11.8 Å². The van der Waals surface area contributed by atoms with E-state index >= 15 is 4.39 Å². The van der Waals surface area contributed by atoms with Gasteiger partial charge in [0.2, 0.25) is 0 Å². The van der Waals surface area contributed by atoms with Crippen LogP contribution in [-0.4, -0.2) is 109 Å². The lowest BCUT2D eigenvalue weighted by atomic mass is 9.99. The number of hydrogen-bond acceptors (Lipinski definition) is 13. The molecule has 5 aromatic carbocycles. The van der Waals surface area contributed by atoms with E-state index in [1.165, 1.54) is 24.5 Å². The third-order valence-corrected chi connectivity index (χ3v) is 19.1. The van der Waals surface area contributed by atoms with E-state index in [1.54, 1.807) is 62.0 Å².